The molecule has 100 valence electrons. The predicted octanol–water partition coefficient (Wildman–Crippen LogP) is 3.45. The first-order valence-electron chi connectivity index (χ1n) is 5.82. The van der Waals surface area contributed by atoms with Crippen molar-refractivity contribution in [2.24, 2.45) is 0 Å². The SMILES string of the molecule is Cc1cc(=O)oc2cc(Oc3ncc(Br)cn3)ccc12. The van der Waals surface area contributed by atoms with Crippen molar-refractivity contribution in [1.29, 1.82) is 0 Å². The smallest absolute Gasteiger partial charge is 0.336 e. The molecule has 0 aliphatic carbocycles. The molecule has 0 aliphatic rings. The highest BCUT2D eigenvalue weighted by Gasteiger charge is 2.06. The van der Waals surface area contributed by atoms with Crippen LogP contribution in [0.2, 0.25) is 0 Å². The Bertz CT molecular complexity index is 828. The van der Waals surface area contributed by atoms with Gasteiger partial charge in [0.2, 0.25) is 0 Å². The lowest BCUT2D eigenvalue weighted by Gasteiger charge is -2.05. The number of ether oxygens (including phenoxy) is 1. The summed E-state index contributed by atoms with van der Waals surface area (Å²) in [5.74, 6) is 0.508. The number of rotatable bonds is 2. The first kappa shape index (κ1) is 12.8. The van der Waals surface area contributed by atoms with E-state index in [1.807, 2.05) is 13.0 Å². The van der Waals surface area contributed by atoms with Crippen molar-refractivity contribution in [2.45, 2.75) is 6.92 Å². The average molecular weight is 333 g/mol. The summed E-state index contributed by atoms with van der Waals surface area (Å²) in [7, 11) is 0. The Hall–Kier alpha value is -2.21. The van der Waals surface area contributed by atoms with Crippen LogP contribution < -0.4 is 10.4 Å². The van der Waals surface area contributed by atoms with Gasteiger partial charge in [-0.1, -0.05) is 0 Å². The van der Waals surface area contributed by atoms with Crippen LogP contribution in [-0.2, 0) is 0 Å². The number of aryl methyl sites for hydroxylation is 1. The summed E-state index contributed by atoms with van der Waals surface area (Å²) in [4.78, 5) is 19.4. The van der Waals surface area contributed by atoms with E-state index in [1.54, 1.807) is 24.5 Å². The van der Waals surface area contributed by atoms with Crippen molar-refractivity contribution >= 4 is 26.9 Å². The third-order valence-electron chi connectivity index (χ3n) is 2.73. The summed E-state index contributed by atoms with van der Waals surface area (Å²) in [5, 5.41) is 0.869. The molecule has 0 fully saturated rings. The number of fused-ring (bicyclic) bond motifs is 1. The summed E-state index contributed by atoms with van der Waals surface area (Å²) in [6.45, 7) is 1.86. The van der Waals surface area contributed by atoms with Gasteiger partial charge in [-0.2, -0.15) is 0 Å². The summed E-state index contributed by atoms with van der Waals surface area (Å²) >= 11 is 3.25. The van der Waals surface area contributed by atoms with E-state index in [-0.39, 0.29) is 11.6 Å². The maximum Gasteiger partial charge on any atom is 0.336 e. The number of benzene rings is 1. The Morgan fingerprint density at radius 1 is 1.20 bits per heavy atom. The van der Waals surface area contributed by atoms with E-state index < -0.39 is 0 Å². The molecule has 0 amide bonds. The first-order chi connectivity index (χ1) is 9.61. The van der Waals surface area contributed by atoms with E-state index in [2.05, 4.69) is 25.9 Å². The monoisotopic (exact) mass is 332 g/mol. The Balaban J connectivity index is 2.00. The first-order valence-corrected chi connectivity index (χ1v) is 6.61. The quantitative estimate of drug-likeness (QED) is 0.672. The molecule has 0 atom stereocenters. The van der Waals surface area contributed by atoms with Gasteiger partial charge in [0.15, 0.2) is 0 Å². The van der Waals surface area contributed by atoms with E-state index in [1.165, 1.54) is 6.07 Å². The molecular formula is C14H9BrN2O3. The maximum absolute atomic E-state index is 11.4. The third-order valence-corrected chi connectivity index (χ3v) is 3.14. The number of aromatic nitrogens is 2. The second-order valence-corrected chi connectivity index (χ2v) is 5.11. The minimum Gasteiger partial charge on any atom is -0.424 e. The van der Waals surface area contributed by atoms with Crippen molar-refractivity contribution in [2.75, 3.05) is 0 Å². The van der Waals surface area contributed by atoms with Crippen LogP contribution in [0.25, 0.3) is 11.0 Å². The van der Waals surface area contributed by atoms with E-state index in [4.69, 9.17) is 9.15 Å². The highest BCUT2D eigenvalue weighted by molar-refractivity contribution is 9.10. The molecule has 3 rings (SSSR count). The van der Waals surface area contributed by atoms with Crippen molar-refractivity contribution < 1.29 is 9.15 Å². The fourth-order valence-electron chi connectivity index (χ4n) is 1.83. The molecule has 2 heterocycles. The molecule has 0 N–H and O–H groups in total. The zero-order chi connectivity index (χ0) is 14.1. The molecule has 3 aromatic rings. The van der Waals surface area contributed by atoms with Crippen LogP contribution in [0, 0.1) is 6.92 Å². The molecule has 0 saturated carbocycles. The molecule has 2 aromatic heterocycles. The van der Waals surface area contributed by atoms with Crippen LogP contribution in [0.5, 0.6) is 11.8 Å². The standard InChI is InChI=1S/C14H9BrN2O3/c1-8-4-13(18)20-12-5-10(2-3-11(8)12)19-14-16-6-9(15)7-17-14/h2-7H,1H3. The molecule has 0 saturated heterocycles. The Labute approximate surface area is 122 Å². The topological polar surface area (TPSA) is 65.2 Å². The number of hydrogen-bond donors (Lipinski definition) is 0. The minimum absolute atomic E-state index is 0.225. The fourth-order valence-corrected chi connectivity index (χ4v) is 2.03. The highest BCUT2D eigenvalue weighted by atomic mass is 79.9. The van der Waals surface area contributed by atoms with Gasteiger partial charge < -0.3 is 9.15 Å². The molecule has 0 bridgehead atoms. The molecule has 20 heavy (non-hydrogen) atoms. The van der Waals surface area contributed by atoms with Crippen molar-refractivity contribution in [1.82, 2.24) is 9.97 Å². The number of halogens is 1. The molecule has 0 radical (unpaired) electrons. The van der Waals surface area contributed by atoms with E-state index >= 15 is 0 Å². The largest absolute Gasteiger partial charge is 0.424 e. The normalized spacial score (nSPS) is 10.7. The maximum atomic E-state index is 11.4. The second-order valence-electron chi connectivity index (χ2n) is 4.19. The number of nitrogens with zero attached hydrogens (tertiary/aromatic N) is 2. The van der Waals surface area contributed by atoms with Crippen LogP contribution >= 0.6 is 15.9 Å². The van der Waals surface area contributed by atoms with Crippen LogP contribution in [0.4, 0.5) is 0 Å². The van der Waals surface area contributed by atoms with Gasteiger partial charge in [0, 0.05) is 29.9 Å². The van der Waals surface area contributed by atoms with Crippen LogP contribution in [-0.4, -0.2) is 9.97 Å². The van der Waals surface area contributed by atoms with Crippen molar-refractivity contribution in [3.63, 3.8) is 0 Å². The molecule has 1 aromatic carbocycles. The van der Waals surface area contributed by atoms with Gasteiger partial charge in [-0.25, -0.2) is 14.8 Å². The van der Waals surface area contributed by atoms with Gasteiger partial charge in [0.05, 0.1) is 4.47 Å². The highest BCUT2D eigenvalue weighted by Crippen LogP contribution is 2.24. The second kappa shape index (κ2) is 5.05. The predicted molar refractivity (Wildman–Crippen MR) is 77.0 cm³/mol. The molecule has 5 nitrogen and oxygen atoms in total. The van der Waals surface area contributed by atoms with Crippen molar-refractivity contribution in [3.8, 4) is 11.8 Å². The van der Waals surface area contributed by atoms with Crippen molar-refractivity contribution in [3.05, 3.63) is 57.1 Å². The van der Waals surface area contributed by atoms with Gasteiger partial charge in [-0.3, -0.25) is 0 Å². The Morgan fingerprint density at radius 3 is 2.70 bits per heavy atom. The third kappa shape index (κ3) is 2.55. The zero-order valence-corrected chi connectivity index (χ0v) is 12.0. The van der Waals surface area contributed by atoms with E-state index in [0.29, 0.717) is 11.3 Å². The lowest BCUT2D eigenvalue weighted by Crippen LogP contribution is -1.98. The zero-order valence-electron chi connectivity index (χ0n) is 10.5. The van der Waals surface area contributed by atoms with E-state index in [9.17, 15) is 4.79 Å². The lowest BCUT2D eigenvalue weighted by atomic mass is 10.1. The molecule has 0 aliphatic heterocycles. The summed E-state index contributed by atoms with van der Waals surface area (Å²) in [6.07, 6.45) is 3.18. The molecule has 0 spiro atoms. The van der Waals surface area contributed by atoms with Gasteiger partial charge in [-0.15, -0.1) is 0 Å². The Kier molecular flexibility index (Phi) is 3.23. The van der Waals surface area contributed by atoms with Gasteiger partial charge >= 0.3 is 11.6 Å². The summed E-state index contributed by atoms with van der Waals surface area (Å²) < 4.78 is 11.4. The van der Waals surface area contributed by atoms with Crippen LogP contribution in [0.3, 0.4) is 0 Å². The molecule has 0 unspecified atom stereocenters. The average Bonchev–Trinajstić information content (AvgIpc) is 2.41. The minimum atomic E-state index is -0.382. The summed E-state index contributed by atoms with van der Waals surface area (Å²) in [6, 6.07) is 6.95. The Morgan fingerprint density at radius 2 is 1.95 bits per heavy atom. The molecular weight excluding hydrogens is 324 g/mol. The van der Waals surface area contributed by atoms with Crippen LogP contribution in [0.15, 0.2) is 50.3 Å². The van der Waals surface area contributed by atoms with Gasteiger partial charge in [-0.05, 0) is 40.5 Å². The fraction of sp³-hybridized carbons (Fsp3) is 0.0714. The van der Waals surface area contributed by atoms with Gasteiger partial charge in [0.1, 0.15) is 11.3 Å². The van der Waals surface area contributed by atoms with Crippen LogP contribution in [0.1, 0.15) is 5.56 Å². The lowest BCUT2D eigenvalue weighted by molar-refractivity contribution is 0.440. The van der Waals surface area contributed by atoms with E-state index in [0.717, 1.165) is 15.4 Å². The number of hydrogen-bond acceptors (Lipinski definition) is 5. The molecule has 6 heteroatoms. The van der Waals surface area contributed by atoms with Gasteiger partial charge in [0.25, 0.3) is 0 Å². The summed E-state index contributed by atoms with van der Waals surface area (Å²) in [5.41, 5.74) is 0.958.